The average molecular weight is 158 g/mol. The fraction of sp³-hybridized carbons (Fsp3) is 0.857. The van der Waals surface area contributed by atoms with E-state index >= 15 is 0 Å². The highest BCUT2D eigenvalue weighted by molar-refractivity contribution is 5.57. The van der Waals surface area contributed by atoms with Crippen molar-refractivity contribution in [2.75, 3.05) is 19.6 Å². The Labute approximate surface area is 68.1 Å². The number of nitrogens with two attached hydrogens (primary N) is 2. The van der Waals surface area contributed by atoms with Gasteiger partial charge < -0.3 is 16.8 Å². The van der Waals surface area contributed by atoms with E-state index in [1.807, 2.05) is 6.21 Å². The fourth-order valence-electron chi connectivity index (χ4n) is 0.631. The summed E-state index contributed by atoms with van der Waals surface area (Å²) >= 11 is 0. The number of rotatable bonds is 6. The molecule has 0 bridgehead atoms. The van der Waals surface area contributed by atoms with Gasteiger partial charge >= 0.3 is 0 Å². The van der Waals surface area contributed by atoms with Crippen LogP contribution in [0.15, 0.2) is 4.99 Å². The molecule has 0 amide bonds. The van der Waals surface area contributed by atoms with Gasteiger partial charge in [0.1, 0.15) is 0 Å². The van der Waals surface area contributed by atoms with Gasteiger partial charge in [-0.1, -0.05) is 6.92 Å². The minimum atomic E-state index is -0.314. The average Bonchev–Trinajstić information content (AvgIpc) is 1.96. The first-order chi connectivity index (χ1) is 5.27. The maximum atomic E-state index is 5.28. The van der Waals surface area contributed by atoms with Gasteiger partial charge in [-0.25, -0.2) is 0 Å². The van der Waals surface area contributed by atoms with Gasteiger partial charge in [-0.2, -0.15) is 0 Å². The molecule has 0 aliphatic rings. The molecule has 0 saturated carbocycles. The number of nitrogens with zero attached hydrogens (tertiary/aromatic N) is 1. The lowest BCUT2D eigenvalue weighted by atomic mass is 10.4. The van der Waals surface area contributed by atoms with Gasteiger partial charge in [-0.05, 0) is 13.0 Å². The van der Waals surface area contributed by atoms with Crippen molar-refractivity contribution in [2.24, 2.45) is 16.5 Å². The first-order valence-electron chi connectivity index (χ1n) is 3.97. The quantitative estimate of drug-likeness (QED) is 0.272. The Bertz CT molecular complexity index is 101. The lowest BCUT2D eigenvalue weighted by molar-refractivity contribution is 0.713. The maximum absolute atomic E-state index is 5.28. The largest absolute Gasteiger partial charge is 0.317 e. The van der Waals surface area contributed by atoms with Crippen LogP contribution in [0.5, 0.6) is 0 Å². The van der Waals surface area contributed by atoms with Gasteiger partial charge in [-0.15, -0.1) is 0 Å². The number of hydrogen-bond acceptors (Lipinski definition) is 4. The first-order valence-corrected chi connectivity index (χ1v) is 3.97. The Morgan fingerprint density at radius 2 is 2.27 bits per heavy atom. The van der Waals surface area contributed by atoms with E-state index in [1.165, 1.54) is 0 Å². The molecule has 0 saturated heterocycles. The third-order valence-electron chi connectivity index (χ3n) is 1.15. The summed E-state index contributed by atoms with van der Waals surface area (Å²) in [6, 6.07) is 0. The van der Waals surface area contributed by atoms with Crippen LogP contribution in [0, 0.1) is 0 Å². The molecule has 0 aromatic carbocycles. The monoisotopic (exact) mass is 158 g/mol. The number of aliphatic imine (C=N–C) groups is 1. The molecule has 0 aliphatic heterocycles. The Morgan fingerprint density at radius 1 is 1.55 bits per heavy atom. The predicted molar refractivity (Wildman–Crippen MR) is 48.7 cm³/mol. The van der Waals surface area contributed by atoms with Gasteiger partial charge in [0.2, 0.25) is 0 Å². The first kappa shape index (κ1) is 10.6. The molecule has 0 aromatic heterocycles. The van der Waals surface area contributed by atoms with E-state index < -0.39 is 0 Å². The second-order valence-corrected chi connectivity index (χ2v) is 2.35. The molecular formula is C7H18N4. The molecule has 11 heavy (non-hydrogen) atoms. The summed E-state index contributed by atoms with van der Waals surface area (Å²) in [7, 11) is 0. The zero-order valence-electron chi connectivity index (χ0n) is 7.09. The van der Waals surface area contributed by atoms with E-state index in [1.54, 1.807) is 0 Å². The van der Waals surface area contributed by atoms with Crippen LogP contribution in [0.3, 0.4) is 0 Å². The highest BCUT2D eigenvalue weighted by Gasteiger charge is 1.86. The second kappa shape index (κ2) is 7.65. The summed E-state index contributed by atoms with van der Waals surface area (Å²) in [5.74, 6) is 0. The molecule has 0 heterocycles. The molecule has 0 unspecified atom stereocenters. The van der Waals surface area contributed by atoms with Crippen LogP contribution in [0.1, 0.15) is 13.3 Å². The summed E-state index contributed by atoms with van der Waals surface area (Å²) in [5, 5.41) is 3.18. The lowest BCUT2D eigenvalue weighted by Gasteiger charge is -1.98. The molecule has 0 aromatic rings. The smallest absolute Gasteiger partial charge is 0.0722 e. The van der Waals surface area contributed by atoms with Crippen LogP contribution >= 0.6 is 0 Å². The van der Waals surface area contributed by atoms with Gasteiger partial charge in [-0.3, -0.25) is 4.99 Å². The van der Waals surface area contributed by atoms with Crippen molar-refractivity contribution in [2.45, 2.75) is 19.5 Å². The van der Waals surface area contributed by atoms with Crippen molar-refractivity contribution in [3.05, 3.63) is 0 Å². The Kier molecular flexibility index (Phi) is 7.34. The Morgan fingerprint density at radius 3 is 2.82 bits per heavy atom. The summed E-state index contributed by atoms with van der Waals surface area (Å²) < 4.78 is 0. The van der Waals surface area contributed by atoms with Crippen molar-refractivity contribution in [1.29, 1.82) is 0 Å². The third kappa shape index (κ3) is 9.55. The number of nitrogens with one attached hydrogen (secondary N) is 1. The minimum absolute atomic E-state index is 0.314. The van der Waals surface area contributed by atoms with Crippen LogP contribution in [-0.2, 0) is 0 Å². The summed E-state index contributed by atoms with van der Waals surface area (Å²) in [5.41, 5.74) is 10.6. The van der Waals surface area contributed by atoms with Crippen molar-refractivity contribution in [3.63, 3.8) is 0 Å². The minimum Gasteiger partial charge on any atom is -0.317 e. The molecule has 5 N–H and O–H groups in total. The summed E-state index contributed by atoms with van der Waals surface area (Å²) in [4.78, 5) is 4.03. The SMILES string of the molecule is CCNCCC=NCC(N)N. The molecule has 4 heteroatoms. The molecule has 0 atom stereocenters. The predicted octanol–water partition coefficient (Wildman–Crippen LogP) is -0.700. The van der Waals surface area contributed by atoms with E-state index in [0.29, 0.717) is 6.54 Å². The Hall–Kier alpha value is -0.450. The van der Waals surface area contributed by atoms with Crippen molar-refractivity contribution >= 4 is 6.21 Å². The van der Waals surface area contributed by atoms with Crippen molar-refractivity contribution < 1.29 is 0 Å². The molecular weight excluding hydrogens is 140 g/mol. The summed E-state index contributed by atoms with van der Waals surface area (Å²) in [6.07, 6.45) is 2.49. The molecule has 66 valence electrons. The molecule has 0 fully saturated rings. The molecule has 0 rings (SSSR count). The van der Waals surface area contributed by atoms with E-state index in [4.69, 9.17) is 11.5 Å². The topological polar surface area (TPSA) is 76.4 Å². The maximum Gasteiger partial charge on any atom is 0.0722 e. The van der Waals surface area contributed by atoms with Gasteiger partial charge in [0.15, 0.2) is 0 Å². The fourth-order valence-corrected chi connectivity index (χ4v) is 0.631. The van der Waals surface area contributed by atoms with Crippen LogP contribution in [-0.4, -0.2) is 32.0 Å². The van der Waals surface area contributed by atoms with Crippen LogP contribution in [0.4, 0.5) is 0 Å². The van der Waals surface area contributed by atoms with Crippen LogP contribution < -0.4 is 16.8 Å². The van der Waals surface area contributed by atoms with Crippen molar-refractivity contribution in [3.8, 4) is 0 Å². The highest BCUT2D eigenvalue weighted by atomic mass is 14.9. The van der Waals surface area contributed by atoms with E-state index in [2.05, 4.69) is 17.2 Å². The molecule has 0 spiro atoms. The van der Waals surface area contributed by atoms with Crippen LogP contribution in [0.25, 0.3) is 0 Å². The van der Waals surface area contributed by atoms with E-state index in [0.717, 1.165) is 19.5 Å². The molecule has 4 nitrogen and oxygen atoms in total. The number of hydrogen-bond donors (Lipinski definition) is 3. The summed E-state index contributed by atoms with van der Waals surface area (Å²) in [6.45, 7) is 4.57. The third-order valence-corrected chi connectivity index (χ3v) is 1.15. The highest BCUT2D eigenvalue weighted by Crippen LogP contribution is 1.73. The van der Waals surface area contributed by atoms with Crippen LogP contribution in [0.2, 0.25) is 0 Å². The zero-order chi connectivity index (χ0) is 8.53. The van der Waals surface area contributed by atoms with E-state index in [-0.39, 0.29) is 6.17 Å². The van der Waals surface area contributed by atoms with E-state index in [9.17, 15) is 0 Å². The van der Waals surface area contributed by atoms with Crippen molar-refractivity contribution in [1.82, 2.24) is 5.32 Å². The standard InChI is InChI=1S/C7H18N4/c1-2-10-4-3-5-11-6-7(8)9/h5,7,10H,2-4,6,8-9H2,1H3. The second-order valence-electron chi connectivity index (χ2n) is 2.35. The molecule has 0 radical (unpaired) electrons. The molecule has 0 aliphatic carbocycles. The lowest BCUT2D eigenvalue weighted by Crippen LogP contribution is -2.33. The van der Waals surface area contributed by atoms with Gasteiger partial charge in [0.25, 0.3) is 0 Å². The zero-order valence-corrected chi connectivity index (χ0v) is 7.09. The Balaban J connectivity index is 3.03. The normalized spacial score (nSPS) is 11.6. The van der Waals surface area contributed by atoms with Gasteiger partial charge in [0.05, 0.1) is 12.7 Å². The van der Waals surface area contributed by atoms with Gasteiger partial charge in [0, 0.05) is 12.8 Å².